The van der Waals surface area contributed by atoms with Crippen molar-refractivity contribution in [1.82, 2.24) is 10.3 Å². The van der Waals surface area contributed by atoms with Gasteiger partial charge in [0.05, 0.1) is 18.6 Å². The van der Waals surface area contributed by atoms with Gasteiger partial charge in [-0.15, -0.1) is 0 Å². The molecule has 3 N–H and O–H groups in total. The Kier molecular flexibility index (Phi) is 3.93. The van der Waals surface area contributed by atoms with Crippen LogP contribution in [0.2, 0.25) is 0 Å². The molecule has 1 fully saturated rings. The Morgan fingerprint density at radius 2 is 2.50 bits per heavy atom. The van der Waals surface area contributed by atoms with Gasteiger partial charge in [0, 0.05) is 30.9 Å². The van der Waals surface area contributed by atoms with Crippen molar-refractivity contribution in [2.45, 2.75) is 19.4 Å². The van der Waals surface area contributed by atoms with Crippen LogP contribution in [0.5, 0.6) is 0 Å². The molecule has 1 aliphatic rings. The second-order valence-corrected chi connectivity index (χ2v) is 4.87. The molecule has 1 saturated heterocycles. The van der Waals surface area contributed by atoms with Gasteiger partial charge in [-0.25, -0.2) is 0 Å². The molecule has 2 rings (SSSR count). The second kappa shape index (κ2) is 5.46. The van der Waals surface area contributed by atoms with Crippen molar-refractivity contribution in [1.29, 1.82) is 0 Å². The first-order valence-corrected chi connectivity index (χ1v) is 6.14. The normalized spacial score (nSPS) is 27.1. The minimum Gasteiger partial charge on any atom is -0.379 e. The number of nitrogens with zero attached hydrogens (tertiary/aromatic N) is 1. The number of hydrogen-bond acceptors (Lipinski definition) is 4. The molecule has 5 heteroatoms. The molecule has 0 aliphatic carbocycles. The maximum absolute atomic E-state index is 12.1. The predicted molar refractivity (Wildman–Crippen MR) is 67.9 cm³/mol. The molecule has 5 nitrogen and oxygen atoms in total. The first-order chi connectivity index (χ1) is 8.63. The van der Waals surface area contributed by atoms with Gasteiger partial charge in [-0.05, 0) is 19.1 Å². The number of aromatic nitrogens is 1. The lowest BCUT2D eigenvalue weighted by Gasteiger charge is -2.25. The molecule has 1 amide bonds. The van der Waals surface area contributed by atoms with Gasteiger partial charge in [0.2, 0.25) is 5.91 Å². The fourth-order valence-electron chi connectivity index (χ4n) is 1.97. The lowest BCUT2D eigenvalue weighted by Crippen LogP contribution is -2.50. The van der Waals surface area contributed by atoms with Crippen LogP contribution in [0.25, 0.3) is 0 Å². The van der Waals surface area contributed by atoms with E-state index in [0.717, 1.165) is 12.1 Å². The van der Waals surface area contributed by atoms with Crippen LogP contribution in [0, 0.1) is 5.41 Å². The third-order valence-electron chi connectivity index (χ3n) is 3.43. The monoisotopic (exact) mass is 249 g/mol. The van der Waals surface area contributed by atoms with Crippen molar-refractivity contribution in [2.24, 2.45) is 11.1 Å². The zero-order valence-electron chi connectivity index (χ0n) is 10.6. The molecule has 0 aromatic carbocycles. The summed E-state index contributed by atoms with van der Waals surface area (Å²) in [6.07, 6.45) is 2.47. The molecule has 1 aliphatic heterocycles. The van der Waals surface area contributed by atoms with Crippen molar-refractivity contribution in [3.63, 3.8) is 0 Å². The number of rotatable bonds is 4. The van der Waals surface area contributed by atoms with Crippen LogP contribution < -0.4 is 11.1 Å². The van der Waals surface area contributed by atoms with Gasteiger partial charge in [-0.2, -0.15) is 0 Å². The highest BCUT2D eigenvalue weighted by Crippen LogP contribution is 2.26. The highest BCUT2D eigenvalue weighted by molar-refractivity contribution is 5.83. The summed E-state index contributed by atoms with van der Waals surface area (Å²) >= 11 is 0. The lowest BCUT2D eigenvalue weighted by atomic mass is 9.85. The number of ether oxygens (including phenoxy) is 1. The molecule has 0 bridgehead atoms. The van der Waals surface area contributed by atoms with E-state index in [9.17, 15) is 4.79 Å². The van der Waals surface area contributed by atoms with Crippen LogP contribution in [0.3, 0.4) is 0 Å². The molecule has 18 heavy (non-hydrogen) atoms. The van der Waals surface area contributed by atoms with Crippen LogP contribution in [-0.2, 0) is 16.0 Å². The fourth-order valence-corrected chi connectivity index (χ4v) is 1.97. The summed E-state index contributed by atoms with van der Waals surface area (Å²) in [6, 6.07) is 5.52. The van der Waals surface area contributed by atoms with E-state index in [2.05, 4.69) is 10.3 Å². The third kappa shape index (κ3) is 2.68. The zero-order chi connectivity index (χ0) is 13.0. The van der Waals surface area contributed by atoms with E-state index in [-0.39, 0.29) is 11.9 Å². The molecular formula is C13H19N3O2. The van der Waals surface area contributed by atoms with Gasteiger partial charge < -0.3 is 15.8 Å². The van der Waals surface area contributed by atoms with Gasteiger partial charge in [0.25, 0.3) is 0 Å². The molecule has 2 atom stereocenters. The van der Waals surface area contributed by atoms with E-state index in [1.165, 1.54) is 0 Å². The first kappa shape index (κ1) is 13.0. The van der Waals surface area contributed by atoms with E-state index in [1.807, 2.05) is 25.1 Å². The number of carbonyl (C=O) groups excluding carboxylic acids is 1. The summed E-state index contributed by atoms with van der Waals surface area (Å²) < 4.78 is 5.26. The van der Waals surface area contributed by atoms with Crippen LogP contribution in [-0.4, -0.2) is 36.7 Å². The Bertz CT molecular complexity index is 410. The zero-order valence-corrected chi connectivity index (χ0v) is 10.6. The average molecular weight is 249 g/mol. The van der Waals surface area contributed by atoms with Gasteiger partial charge in [-0.1, -0.05) is 6.07 Å². The average Bonchev–Trinajstić information content (AvgIpc) is 2.72. The molecule has 2 heterocycles. The third-order valence-corrected chi connectivity index (χ3v) is 3.43. The first-order valence-electron chi connectivity index (χ1n) is 6.14. The predicted octanol–water partition coefficient (Wildman–Crippen LogP) is 0.104. The SMILES string of the molecule is CC1(C(=O)NCCc2ccccn2)COCC1N. The Morgan fingerprint density at radius 3 is 3.11 bits per heavy atom. The number of hydrogen-bond donors (Lipinski definition) is 2. The van der Waals surface area contributed by atoms with Crippen molar-refractivity contribution in [2.75, 3.05) is 19.8 Å². The summed E-state index contributed by atoms with van der Waals surface area (Å²) in [7, 11) is 0. The van der Waals surface area contributed by atoms with Crippen molar-refractivity contribution in [3.8, 4) is 0 Å². The molecule has 0 radical (unpaired) electrons. The van der Waals surface area contributed by atoms with E-state index in [4.69, 9.17) is 10.5 Å². The molecule has 1 aromatic rings. The number of amides is 1. The molecule has 2 unspecified atom stereocenters. The van der Waals surface area contributed by atoms with Gasteiger partial charge in [0.1, 0.15) is 0 Å². The Morgan fingerprint density at radius 1 is 1.67 bits per heavy atom. The smallest absolute Gasteiger partial charge is 0.229 e. The molecule has 1 aromatic heterocycles. The maximum Gasteiger partial charge on any atom is 0.229 e. The summed E-state index contributed by atoms with van der Waals surface area (Å²) in [5.74, 6) is -0.0385. The summed E-state index contributed by atoms with van der Waals surface area (Å²) in [6.45, 7) is 3.26. The quantitative estimate of drug-likeness (QED) is 0.793. The van der Waals surface area contributed by atoms with Gasteiger partial charge in [-0.3, -0.25) is 9.78 Å². The highest BCUT2D eigenvalue weighted by atomic mass is 16.5. The fraction of sp³-hybridized carbons (Fsp3) is 0.538. The number of pyridine rings is 1. The molecular weight excluding hydrogens is 230 g/mol. The van der Waals surface area contributed by atoms with Gasteiger partial charge in [0.15, 0.2) is 0 Å². The standard InChI is InChI=1S/C13H19N3O2/c1-13(9-18-8-11(13)14)12(17)16-7-5-10-4-2-3-6-15-10/h2-4,6,11H,5,7-9,14H2,1H3,(H,16,17). The van der Waals surface area contributed by atoms with Gasteiger partial charge >= 0.3 is 0 Å². The molecule has 98 valence electrons. The number of nitrogens with two attached hydrogens (primary N) is 1. The Hall–Kier alpha value is -1.46. The van der Waals surface area contributed by atoms with E-state index < -0.39 is 5.41 Å². The number of carbonyl (C=O) groups is 1. The number of nitrogens with one attached hydrogen (secondary N) is 1. The molecule has 0 saturated carbocycles. The molecule has 0 spiro atoms. The summed E-state index contributed by atoms with van der Waals surface area (Å²) in [5.41, 5.74) is 6.26. The topological polar surface area (TPSA) is 77.2 Å². The van der Waals surface area contributed by atoms with Crippen molar-refractivity contribution >= 4 is 5.91 Å². The minimum absolute atomic E-state index is 0.0385. The highest BCUT2D eigenvalue weighted by Gasteiger charge is 2.44. The van der Waals surface area contributed by atoms with Crippen molar-refractivity contribution in [3.05, 3.63) is 30.1 Å². The maximum atomic E-state index is 12.1. The largest absolute Gasteiger partial charge is 0.379 e. The summed E-state index contributed by atoms with van der Waals surface area (Å²) in [5, 5.41) is 2.91. The Labute approximate surface area is 107 Å². The lowest BCUT2D eigenvalue weighted by molar-refractivity contribution is -0.130. The van der Waals surface area contributed by atoms with Crippen LogP contribution in [0.1, 0.15) is 12.6 Å². The Balaban J connectivity index is 1.82. The van der Waals surface area contributed by atoms with Crippen molar-refractivity contribution < 1.29 is 9.53 Å². The van der Waals surface area contributed by atoms with Crippen LogP contribution in [0.4, 0.5) is 0 Å². The van der Waals surface area contributed by atoms with E-state index in [1.54, 1.807) is 6.20 Å². The van der Waals surface area contributed by atoms with Crippen LogP contribution in [0.15, 0.2) is 24.4 Å². The van der Waals surface area contributed by atoms with Crippen LogP contribution >= 0.6 is 0 Å². The summed E-state index contributed by atoms with van der Waals surface area (Å²) in [4.78, 5) is 16.3. The van der Waals surface area contributed by atoms with E-state index in [0.29, 0.717) is 19.8 Å². The second-order valence-electron chi connectivity index (χ2n) is 4.87. The minimum atomic E-state index is -0.607. The van der Waals surface area contributed by atoms with E-state index >= 15 is 0 Å².